The number of rotatable bonds is 4. The van der Waals surface area contributed by atoms with Crippen molar-refractivity contribution in [2.45, 2.75) is 12.6 Å². The van der Waals surface area contributed by atoms with Crippen molar-refractivity contribution < 1.29 is 27.9 Å². The van der Waals surface area contributed by atoms with E-state index in [1.54, 1.807) is 0 Å². The third-order valence-corrected chi connectivity index (χ3v) is 2.57. The molecule has 1 aromatic rings. The Morgan fingerprint density at radius 2 is 1.90 bits per heavy atom. The summed E-state index contributed by atoms with van der Waals surface area (Å²) in [6.07, 6.45) is -4.81. The summed E-state index contributed by atoms with van der Waals surface area (Å²) in [5, 5.41) is 12.8. The number of carboxylic acids is 1. The minimum absolute atomic E-state index is 0.0560. The fourth-order valence-corrected chi connectivity index (χ4v) is 1.78. The van der Waals surface area contributed by atoms with Gasteiger partial charge in [-0.05, 0) is 18.2 Å². The van der Waals surface area contributed by atoms with Gasteiger partial charge in [-0.3, -0.25) is 4.79 Å². The largest absolute Gasteiger partial charge is 0.481 e. The summed E-state index contributed by atoms with van der Waals surface area (Å²) in [6, 6.07) is 2.18. The van der Waals surface area contributed by atoms with Gasteiger partial charge in [-0.1, -0.05) is 15.9 Å². The van der Waals surface area contributed by atoms with Crippen molar-refractivity contribution in [3.8, 4) is 0 Å². The zero-order valence-corrected chi connectivity index (χ0v) is 11.5. The summed E-state index contributed by atoms with van der Waals surface area (Å²) in [7, 11) is 0. The van der Waals surface area contributed by atoms with Gasteiger partial charge < -0.3 is 15.7 Å². The van der Waals surface area contributed by atoms with Crippen LogP contribution in [0.1, 0.15) is 12.0 Å². The Labute approximate surface area is 120 Å². The number of amides is 2. The van der Waals surface area contributed by atoms with Crippen LogP contribution in [0.5, 0.6) is 0 Å². The molecule has 0 fully saturated rings. The number of anilines is 1. The van der Waals surface area contributed by atoms with E-state index in [9.17, 15) is 22.8 Å². The van der Waals surface area contributed by atoms with Crippen LogP contribution >= 0.6 is 15.9 Å². The van der Waals surface area contributed by atoms with Crippen LogP contribution in [0.2, 0.25) is 0 Å². The maximum atomic E-state index is 12.6. The first-order valence-corrected chi connectivity index (χ1v) is 6.12. The molecule has 110 valence electrons. The lowest BCUT2D eigenvalue weighted by atomic mass is 10.2. The molecule has 0 heterocycles. The molecule has 0 bridgehead atoms. The molecule has 3 N–H and O–H groups in total. The number of alkyl halides is 3. The fourth-order valence-electron chi connectivity index (χ4n) is 1.28. The lowest BCUT2D eigenvalue weighted by Crippen LogP contribution is -2.30. The SMILES string of the molecule is O=C(O)CCNC(=O)Nc1cc(Br)cc(C(F)(F)F)c1. The van der Waals surface area contributed by atoms with Gasteiger partial charge in [0.15, 0.2) is 0 Å². The maximum Gasteiger partial charge on any atom is 0.416 e. The molecule has 0 unspecified atom stereocenters. The van der Waals surface area contributed by atoms with Gasteiger partial charge >= 0.3 is 18.2 Å². The molecule has 0 aliphatic carbocycles. The molecule has 0 aromatic heterocycles. The number of hydrogen-bond donors (Lipinski definition) is 3. The summed E-state index contributed by atoms with van der Waals surface area (Å²) < 4.78 is 37.8. The lowest BCUT2D eigenvalue weighted by molar-refractivity contribution is -0.138. The van der Waals surface area contributed by atoms with Crippen LogP contribution in [-0.2, 0) is 11.0 Å². The van der Waals surface area contributed by atoms with E-state index in [4.69, 9.17) is 5.11 Å². The first-order valence-electron chi connectivity index (χ1n) is 5.33. The maximum absolute atomic E-state index is 12.6. The predicted octanol–water partition coefficient (Wildman–Crippen LogP) is 3.06. The Morgan fingerprint density at radius 3 is 2.45 bits per heavy atom. The van der Waals surface area contributed by atoms with E-state index < -0.39 is 23.7 Å². The monoisotopic (exact) mass is 354 g/mol. The highest BCUT2D eigenvalue weighted by atomic mass is 79.9. The third kappa shape index (κ3) is 5.47. The van der Waals surface area contributed by atoms with Gasteiger partial charge in [0.25, 0.3) is 0 Å². The van der Waals surface area contributed by atoms with Crippen LogP contribution in [0, 0.1) is 0 Å². The third-order valence-electron chi connectivity index (χ3n) is 2.11. The summed E-state index contributed by atoms with van der Waals surface area (Å²) in [6.45, 7) is -0.124. The molecule has 0 radical (unpaired) electrons. The summed E-state index contributed by atoms with van der Waals surface area (Å²) in [4.78, 5) is 21.6. The highest BCUT2D eigenvalue weighted by molar-refractivity contribution is 9.10. The number of benzene rings is 1. The Hall–Kier alpha value is -1.77. The molecule has 0 saturated heterocycles. The van der Waals surface area contributed by atoms with Gasteiger partial charge in [0, 0.05) is 16.7 Å². The average molecular weight is 355 g/mol. The number of nitrogens with one attached hydrogen (secondary N) is 2. The van der Waals surface area contributed by atoms with Crippen molar-refractivity contribution in [3.05, 3.63) is 28.2 Å². The van der Waals surface area contributed by atoms with Crippen molar-refractivity contribution in [2.75, 3.05) is 11.9 Å². The zero-order chi connectivity index (χ0) is 15.3. The van der Waals surface area contributed by atoms with E-state index in [1.807, 2.05) is 0 Å². The molecular formula is C11H10BrF3N2O3. The summed E-state index contributed by atoms with van der Waals surface area (Å²) in [5.41, 5.74) is -0.966. The van der Waals surface area contributed by atoms with Gasteiger partial charge in [0.05, 0.1) is 12.0 Å². The minimum atomic E-state index is -4.53. The minimum Gasteiger partial charge on any atom is -0.481 e. The Balaban J connectivity index is 2.70. The Bertz CT molecular complexity index is 520. The van der Waals surface area contributed by atoms with Crippen LogP contribution in [0.4, 0.5) is 23.7 Å². The number of aliphatic carboxylic acids is 1. The van der Waals surface area contributed by atoms with E-state index >= 15 is 0 Å². The van der Waals surface area contributed by atoms with E-state index in [1.165, 1.54) is 6.07 Å². The lowest BCUT2D eigenvalue weighted by Gasteiger charge is -2.11. The van der Waals surface area contributed by atoms with Crippen molar-refractivity contribution in [2.24, 2.45) is 0 Å². The van der Waals surface area contributed by atoms with Crippen LogP contribution in [-0.4, -0.2) is 23.7 Å². The number of halogens is 4. The van der Waals surface area contributed by atoms with Crippen LogP contribution in [0.15, 0.2) is 22.7 Å². The second kappa shape index (κ2) is 6.60. The molecule has 1 aromatic carbocycles. The molecule has 9 heteroatoms. The van der Waals surface area contributed by atoms with E-state index in [0.29, 0.717) is 0 Å². The quantitative estimate of drug-likeness (QED) is 0.777. The fraction of sp³-hybridized carbons (Fsp3) is 0.273. The first-order chi connectivity index (χ1) is 9.18. The second-order valence-electron chi connectivity index (χ2n) is 3.75. The topological polar surface area (TPSA) is 78.4 Å². The first kappa shape index (κ1) is 16.3. The number of hydrogen-bond acceptors (Lipinski definition) is 2. The van der Waals surface area contributed by atoms with E-state index in [0.717, 1.165) is 12.1 Å². The van der Waals surface area contributed by atoms with Crippen molar-refractivity contribution in [1.29, 1.82) is 0 Å². The van der Waals surface area contributed by atoms with Crippen LogP contribution in [0.25, 0.3) is 0 Å². The number of urea groups is 1. The smallest absolute Gasteiger partial charge is 0.416 e. The molecule has 5 nitrogen and oxygen atoms in total. The number of carbonyl (C=O) groups excluding carboxylic acids is 1. The summed E-state index contributed by atoms with van der Waals surface area (Å²) in [5.74, 6) is -1.09. The van der Waals surface area contributed by atoms with Crippen molar-refractivity contribution in [3.63, 3.8) is 0 Å². The standard InChI is InChI=1S/C11H10BrF3N2O3/c12-7-3-6(11(13,14)15)4-8(5-7)17-10(20)16-2-1-9(18)19/h3-5H,1-2H2,(H,18,19)(H2,16,17,20). The molecule has 0 spiro atoms. The van der Waals surface area contributed by atoms with Crippen molar-refractivity contribution >= 4 is 33.6 Å². The normalized spacial score (nSPS) is 11.0. The highest BCUT2D eigenvalue weighted by Crippen LogP contribution is 2.33. The molecule has 2 amide bonds. The number of carbonyl (C=O) groups is 2. The van der Waals surface area contributed by atoms with Gasteiger partial charge in [0.1, 0.15) is 0 Å². The molecule has 1 rings (SSSR count). The molecule has 0 aliphatic heterocycles. The van der Waals surface area contributed by atoms with E-state index in [-0.39, 0.29) is 23.1 Å². The van der Waals surface area contributed by atoms with Gasteiger partial charge in [-0.15, -0.1) is 0 Å². The molecule has 0 aliphatic rings. The molecular weight excluding hydrogens is 345 g/mol. The number of carboxylic acid groups (broad SMARTS) is 1. The Kier molecular flexibility index (Phi) is 5.37. The summed E-state index contributed by atoms with van der Waals surface area (Å²) >= 11 is 2.92. The molecule has 0 atom stereocenters. The van der Waals surface area contributed by atoms with E-state index in [2.05, 4.69) is 26.6 Å². The highest BCUT2D eigenvalue weighted by Gasteiger charge is 2.31. The zero-order valence-electron chi connectivity index (χ0n) is 9.92. The van der Waals surface area contributed by atoms with Crippen LogP contribution < -0.4 is 10.6 Å². The second-order valence-corrected chi connectivity index (χ2v) is 4.67. The Morgan fingerprint density at radius 1 is 1.25 bits per heavy atom. The van der Waals surface area contributed by atoms with Crippen LogP contribution in [0.3, 0.4) is 0 Å². The van der Waals surface area contributed by atoms with Gasteiger partial charge in [0.2, 0.25) is 0 Å². The van der Waals surface area contributed by atoms with Gasteiger partial charge in [-0.25, -0.2) is 4.79 Å². The molecule has 20 heavy (non-hydrogen) atoms. The average Bonchev–Trinajstić information content (AvgIpc) is 2.26. The molecule has 0 saturated carbocycles. The van der Waals surface area contributed by atoms with Crippen molar-refractivity contribution in [1.82, 2.24) is 5.32 Å². The predicted molar refractivity (Wildman–Crippen MR) is 68.4 cm³/mol. The van der Waals surface area contributed by atoms with Gasteiger partial charge in [-0.2, -0.15) is 13.2 Å².